The lowest BCUT2D eigenvalue weighted by Gasteiger charge is -2.35. The normalized spacial score (nSPS) is 17.8. The number of aromatic nitrogens is 3. The van der Waals surface area contributed by atoms with Crippen LogP contribution in [0.5, 0.6) is 5.75 Å². The molecule has 0 fully saturated rings. The number of nitrogens with zero attached hydrogens (tertiary/aromatic N) is 3. The quantitative estimate of drug-likeness (QED) is 0.781. The van der Waals surface area contributed by atoms with Crippen molar-refractivity contribution in [1.29, 1.82) is 0 Å². The molecule has 3 heterocycles. The number of imidazole rings is 1. The van der Waals surface area contributed by atoms with Crippen molar-refractivity contribution in [3.05, 3.63) is 77.6 Å². The van der Waals surface area contributed by atoms with E-state index in [0.717, 1.165) is 30.8 Å². The van der Waals surface area contributed by atoms with Gasteiger partial charge in [-0.2, -0.15) is 0 Å². The predicted molar refractivity (Wildman–Crippen MR) is 86.9 cm³/mol. The molecule has 23 heavy (non-hydrogen) atoms. The van der Waals surface area contributed by atoms with E-state index in [1.807, 2.05) is 30.5 Å². The Bertz CT molecular complexity index is 800. The lowest BCUT2D eigenvalue weighted by molar-refractivity contribution is 0.200. The zero-order valence-electron chi connectivity index (χ0n) is 12.7. The molecule has 1 atom stereocenters. The number of benzene rings is 1. The van der Waals surface area contributed by atoms with Gasteiger partial charge in [-0.05, 0) is 29.3 Å². The van der Waals surface area contributed by atoms with Crippen LogP contribution in [-0.4, -0.2) is 31.5 Å². The Morgan fingerprint density at radius 3 is 3.04 bits per heavy atom. The number of phenols is 1. The summed E-state index contributed by atoms with van der Waals surface area (Å²) in [5.74, 6) is 0.284. The number of rotatable bonds is 3. The van der Waals surface area contributed by atoms with Crippen LogP contribution in [0.4, 0.5) is 0 Å². The summed E-state index contributed by atoms with van der Waals surface area (Å²) in [5, 5.41) is 9.86. The molecule has 0 saturated carbocycles. The molecule has 0 radical (unpaired) electrons. The monoisotopic (exact) mass is 306 g/mol. The Kier molecular flexibility index (Phi) is 3.55. The van der Waals surface area contributed by atoms with Crippen LogP contribution >= 0.6 is 0 Å². The van der Waals surface area contributed by atoms with Crippen molar-refractivity contribution in [2.24, 2.45) is 0 Å². The van der Waals surface area contributed by atoms with E-state index in [4.69, 9.17) is 0 Å². The van der Waals surface area contributed by atoms with Crippen LogP contribution in [0.2, 0.25) is 0 Å². The second-order valence-electron chi connectivity index (χ2n) is 5.85. The van der Waals surface area contributed by atoms with Crippen LogP contribution in [0.25, 0.3) is 0 Å². The Labute approximate surface area is 134 Å². The number of aromatic hydroxyl groups is 1. The Morgan fingerprint density at radius 1 is 1.26 bits per heavy atom. The summed E-state index contributed by atoms with van der Waals surface area (Å²) in [6, 6.07) is 11.5. The number of hydrogen-bond donors (Lipinski definition) is 2. The highest BCUT2D eigenvalue weighted by atomic mass is 16.3. The van der Waals surface area contributed by atoms with Crippen molar-refractivity contribution < 1.29 is 5.11 Å². The summed E-state index contributed by atoms with van der Waals surface area (Å²) in [7, 11) is 0. The summed E-state index contributed by atoms with van der Waals surface area (Å²) < 4.78 is 0. The van der Waals surface area contributed by atoms with Gasteiger partial charge < -0.3 is 10.1 Å². The summed E-state index contributed by atoms with van der Waals surface area (Å²) >= 11 is 0. The first-order valence-electron chi connectivity index (χ1n) is 7.75. The fourth-order valence-corrected chi connectivity index (χ4v) is 3.28. The van der Waals surface area contributed by atoms with Crippen LogP contribution in [0.1, 0.15) is 28.6 Å². The Hall–Kier alpha value is -2.66. The zero-order valence-corrected chi connectivity index (χ0v) is 12.7. The van der Waals surface area contributed by atoms with Crippen LogP contribution in [-0.2, 0) is 13.0 Å². The maximum absolute atomic E-state index is 9.86. The minimum atomic E-state index is 0.0392. The fourth-order valence-electron chi connectivity index (χ4n) is 3.28. The van der Waals surface area contributed by atoms with Crippen molar-refractivity contribution in [2.75, 3.05) is 6.54 Å². The number of aromatic amines is 1. The summed E-state index contributed by atoms with van der Waals surface area (Å²) in [5.41, 5.74) is 4.46. The van der Waals surface area contributed by atoms with E-state index in [1.54, 1.807) is 18.6 Å². The third-order valence-corrected chi connectivity index (χ3v) is 4.32. The van der Waals surface area contributed by atoms with Gasteiger partial charge in [0, 0.05) is 37.6 Å². The second-order valence-corrected chi connectivity index (χ2v) is 5.85. The maximum atomic E-state index is 9.86. The molecule has 2 N–H and O–H groups in total. The molecule has 3 aromatic rings. The highest BCUT2D eigenvalue weighted by Gasteiger charge is 2.31. The number of hydrogen-bond acceptors (Lipinski definition) is 4. The molecule has 116 valence electrons. The van der Waals surface area contributed by atoms with Gasteiger partial charge in [0.25, 0.3) is 0 Å². The number of nitrogens with one attached hydrogen (secondary N) is 1. The highest BCUT2D eigenvalue weighted by Crippen LogP contribution is 2.35. The smallest absolute Gasteiger partial charge is 0.115 e. The number of pyridine rings is 1. The summed E-state index contributed by atoms with van der Waals surface area (Å²) in [6.07, 6.45) is 6.40. The van der Waals surface area contributed by atoms with Gasteiger partial charge in [0.2, 0.25) is 0 Å². The van der Waals surface area contributed by atoms with E-state index in [1.165, 1.54) is 11.3 Å². The standard InChI is InChI=1S/C18H18N4O/c23-15-5-1-4-14(9-15)18-17-16(20-12-21-17)6-8-22(18)11-13-3-2-7-19-10-13/h1-5,7,9-10,12,18,23H,6,8,11H2,(H,20,21)/t18-/m0/s1. The average molecular weight is 306 g/mol. The first-order valence-corrected chi connectivity index (χ1v) is 7.75. The molecule has 0 bridgehead atoms. The molecular formula is C18H18N4O. The van der Waals surface area contributed by atoms with Gasteiger partial charge in [0.15, 0.2) is 0 Å². The van der Waals surface area contributed by atoms with Crippen molar-refractivity contribution in [2.45, 2.75) is 19.0 Å². The van der Waals surface area contributed by atoms with Crippen molar-refractivity contribution >= 4 is 0 Å². The van der Waals surface area contributed by atoms with E-state index in [0.29, 0.717) is 0 Å². The molecule has 5 heteroatoms. The molecular weight excluding hydrogens is 288 g/mol. The number of phenolic OH excluding ortho intramolecular Hbond substituents is 1. The lowest BCUT2D eigenvalue weighted by atomic mass is 9.95. The average Bonchev–Trinajstić information content (AvgIpc) is 3.04. The van der Waals surface area contributed by atoms with E-state index in [2.05, 4.69) is 25.9 Å². The minimum absolute atomic E-state index is 0.0392. The van der Waals surface area contributed by atoms with Gasteiger partial charge in [-0.1, -0.05) is 18.2 Å². The first-order chi connectivity index (χ1) is 11.3. The molecule has 0 unspecified atom stereocenters. The van der Waals surface area contributed by atoms with E-state index >= 15 is 0 Å². The zero-order chi connectivity index (χ0) is 15.6. The molecule has 5 nitrogen and oxygen atoms in total. The van der Waals surface area contributed by atoms with Gasteiger partial charge in [-0.3, -0.25) is 9.88 Å². The van der Waals surface area contributed by atoms with Crippen LogP contribution in [0.3, 0.4) is 0 Å². The second kappa shape index (κ2) is 5.85. The van der Waals surface area contributed by atoms with Gasteiger partial charge in [0.05, 0.1) is 18.1 Å². The fraction of sp³-hybridized carbons (Fsp3) is 0.222. The molecule has 1 aliphatic heterocycles. The molecule has 1 aliphatic rings. The van der Waals surface area contributed by atoms with Gasteiger partial charge in [-0.25, -0.2) is 4.98 Å². The van der Waals surface area contributed by atoms with Gasteiger partial charge in [0.1, 0.15) is 5.75 Å². The minimum Gasteiger partial charge on any atom is -0.508 e. The highest BCUT2D eigenvalue weighted by molar-refractivity contribution is 5.37. The number of fused-ring (bicyclic) bond motifs is 1. The Morgan fingerprint density at radius 2 is 2.22 bits per heavy atom. The molecule has 1 aromatic carbocycles. The predicted octanol–water partition coefficient (Wildman–Crippen LogP) is 2.66. The molecule has 4 rings (SSSR count). The first kappa shape index (κ1) is 14.0. The topological polar surface area (TPSA) is 65.0 Å². The number of H-pyrrole nitrogens is 1. The van der Waals surface area contributed by atoms with Crippen molar-refractivity contribution in [1.82, 2.24) is 19.9 Å². The molecule has 0 saturated heterocycles. The van der Waals surface area contributed by atoms with Crippen molar-refractivity contribution in [3.8, 4) is 5.75 Å². The van der Waals surface area contributed by atoms with Crippen LogP contribution in [0, 0.1) is 0 Å². The van der Waals surface area contributed by atoms with Gasteiger partial charge in [-0.15, -0.1) is 0 Å². The maximum Gasteiger partial charge on any atom is 0.115 e. The largest absolute Gasteiger partial charge is 0.508 e. The summed E-state index contributed by atoms with van der Waals surface area (Å²) in [4.78, 5) is 14.4. The summed E-state index contributed by atoms with van der Waals surface area (Å²) in [6.45, 7) is 1.74. The van der Waals surface area contributed by atoms with Gasteiger partial charge >= 0.3 is 0 Å². The van der Waals surface area contributed by atoms with Crippen LogP contribution in [0.15, 0.2) is 55.1 Å². The third kappa shape index (κ3) is 2.71. The third-order valence-electron chi connectivity index (χ3n) is 4.32. The molecule has 2 aromatic heterocycles. The Balaban J connectivity index is 1.73. The SMILES string of the molecule is Oc1cccc([C@H]2c3nc[nH]c3CCN2Cc2cccnc2)c1. The van der Waals surface area contributed by atoms with E-state index in [-0.39, 0.29) is 11.8 Å². The molecule has 0 amide bonds. The molecule has 0 spiro atoms. The molecule has 0 aliphatic carbocycles. The van der Waals surface area contributed by atoms with E-state index < -0.39 is 0 Å². The van der Waals surface area contributed by atoms with Crippen molar-refractivity contribution in [3.63, 3.8) is 0 Å². The lowest BCUT2D eigenvalue weighted by Crippen LogP contribution is -2.35. The van der Waals surface area contributed by atoms with E-state index in [9.17, 15) is 5.11 Å². The van der Waals surface area contributed by atoms with Crippen LogP contribution < -0.4 is 0 Å².